The Bertz CT molecular complexity index is 1010. The van der Waals surface area contributed by atoms with Crippen molar-refractivity contribution in [1.29, 1.82) is 0 Å². The number of aromatic nitrogens is 2. The molecule has 0 bridgehead atoms. The first-order valence-corrected chi connectivity index (χ1v) is 9.85. The summed E-state index contributed by atoms with van der Waals surface area (Å²) in [5.41, 5.74) is 4.75. The van der Waals surface area contributed by atoms with Crippen molar-refractivity contribution in [2.24, 2.45) is 0 Å². The standard InChI is InChI=1S/C21H21BrN4O/c1-13-14(2)24-18-7-6-15(22)11-17(18)20(13)25-16-8-10-26(12-16)21(27)19-5-3-4-9-23-19/h3-7,9,11,16H,8,10,12H2,1-2H3,(H,24,25). The molecule has 2 aromatic heterocycles. The molecule has 1 saturated heterocycles. The zero-order valence-corrected chi connectivity index (χ0v) is 17.0. The van der Waals surface area contributed by atoms with Gasteiger partial charge in [0.1, 0.15) is 5.69 Å². The molecule has 1 fully saturated rings. The van der Waals surface area contributed by atoms with Crippen LogP contribution < -0.4 is 5.32 Å². The van der Waals surface area contributed by atoms with Gasteiger partial charge in [0.05, 0.1) is 5.52 Å². The van der Waals surface area contributed by atoms with Gasteiger partial charge in [0, 0.05) is 46.6 Å². The number of anilines is 1. The number of nitrogens with one attached hydrogen (secondary N) is 1. The highest BCUT2D eigenvalue weighted by atomic mass is 79.9. The van der Waals surface area contributed by atoms with Crippen molar-refractivity contribution in [3.8, 4) is 0 Å². The van der Waals surface area contributed by atoms with Gasteiger partial charge in [-0.05, 0) is 56.2 Å². The van der Waals surface area contributed by atoms with Gasteiger partial charge in [-0.3, -0.25) is 14.8 Å². The van der Waals surface area contributed by atoms with Crippen molar-refractivity contribution >= 4 is 38.4 Å². The molecule has 1 amide bonds. The maximum Gasteiger partial charge on any atom is 0.272 e. The fourth-order valence-electron chi connectivity index (χ4n) is 3.56. The van der Waals surface area contributed by atoms with Crippen LogP contribution in [-0.2, 0) is 0 Å². The highest BCUT2D eigenvalue weighted by Gasteiger charge is 2.28. The van der Waals surface area contributed by atoms with E-state index in [2.05, 4.69) is 39.2 Å². The summed E-state index contributed by atoms with van der Waals surface area (Å²) in [6.07, 6.45) is 2.57. The summed E-state index contributed by atoms with van der Waals surface area (Å²) >= 11 is 3.56. The molecule has 0 radical (unpaired) electrons. The Balaban J connectivity index is 1.58. The van der Waals surface area contributed by atoms with Gasteiger partial charge in [0.25, 0.3) is 5.91 Å². The minimum atomic E-state index is -0.00451. The Hall–Kier alpha value is -2.47. The summed E-state index contributed by atoms with van der Waals surface area (Å²) in [4.78, 5) is 23.4. The molecule has 3 aromatic rings. The number of likely N-dealkylation sites (tertiary alicyclic amines) is 1. The lowest BCUT2D eigenvalue weighted by Gasteiger charge is -2.20. The summed E-state index contributed by atoms with van der Waals surface area (Å²) in [6.45, 7) is 5.54. The van der Waals surface area contributed by atoms with Crippen LogP contribution in [0.3, 0.4) is 0 Å². The average molecular weight is 425 g/mol. The van der Waals surface area contributed by atoms with Crippen LogP contribution in [0.15, 0.2) is 47.1 Å². The van der Waals surface area contributed by atoms with Crippen molar-refractivity contribution in [2.45, 2.75) is 26.3 Å². The molecule has 4 rings (SSSR count). The first kappa shape index (κ1) is 17.9. The number of amides is 1. The molecular formula is C21H21BrN4O. The molecule has 1 unspecified atom stereocenters. The smallest absolute Gasteiger partial charge is 0.272 e. The Kier molecular flexibility index (Phi) is 4.83. The lowest BCUT2D eigenvalue weighted by Crippen LogP contribution is -2.32. The van der Waals surface area contributed by atoms with E-state index in [1.54, 1.807) is 12.3 Å². The van der Waals surface area contributed by atoms with Crippen molar-refractivity contribution in [2.75, 3.05) is 18.4 Å². The van der Waals surface area contributed by atoms with Gasteiger partial charge < -0.3 is 10.2 Å². The van der Waals surface area contributed by atoms with Gasteiger partial charge >= 0.3 is 0 Å². The number of rotatable bonds is 3. The predicted molar refractivity (Wildman–Crippen MR) is 111 cm³/mol. The maximum atomic E-state index is 12.6. The lowest BCUT2D eigenvalue weighted by atomic mass is 10.1. The Morgan fingerprint density at radius 2 is 2.11 bits per heavy atom. The fraction of sp³-hybridized carbons (Fsp3) is 0.286. The van der Waals surface area contributed by atoms with Crippen LogP contribution in [0, 0.1) is 13.8 Å². The lowest BCUT2D eigenvalue weighted by molar-refractivity contribution is 0.0786. The van der Waals surface area contributed by atoms with Crippen LogP contribution in [0.4, 0.5) is 5.69 Å². The highest BCUT2D eigenvalue weighted by Crippen LogP contribution is 2.31. The van der Waals surface area contributed by atoms with Crippen LogP contribution in [-0.4, -0.2) is 39.9 Å². The minimum Gasteiger partial charge on any atom is -0.380 e. The molecule has 27 heavy (non-hydrogen) atoms. The average Bonchev–Trinajstić information content (AvgIpc) is 3.15. The number of fused-ring (bicyclic) bond motifs is 1. The van der Waals surface area contributed by atoms with Gasteiger partial charge in [0.15, 0.2) is 0 Å². The van der Waals surface area contributed by atoms with Gasteiger partial charge in [-0.1, -0.05) is 22.0 Å². The highest BCUT2D eigenvalue weighted by molar-refractivity contribution is 9.10. The van der Waals surface area contributed by atoms with Crippen LogP contribution in [0.5, 0.6) is 0 Å². The number of halogens is 1. The minimum absolute atomic E-state index is 0.00451. The number of benzene rings is 1. The number of carbonyl (C=O) groups excluding carboxylic acids is 1. The fourth-order valence-corrected chi connectivity index (χ4v) is 3.92. The first-order chi connectivity index (χ1) is 13.0. The summed E-state index contributed by atoms with van der Waals surface area (Å²) in [7, 11) is 0. The van der Waals surface area contributed by atoms with Crippen LogP contribution in [0.25, 0.3) is 10.9 Å². The molecule has 0 saturated carbocycles. The van der Waals surface area contributed by atoms with E-state index in [0.29, 0.717) is 12.2 Å². The van der Waals surface area contributed by atoms with E-state index in [9.17, 15) is 4.79 Å². The number of nitrogens with zero attached hydrogens (tertiary/aromatic N) is 3. The third kappa shape index (κ3) is 3.54. The zero-order valence-electron chi connectivity index (χ0n) is 15.4. The monoisotopic (exact) mass is 424 g/mol. The Labute approximate surface area is 166 Å². The maximum absolute atomic E-state index is 12.6. The molecule has 1 aliphatic heterocycles. The Morgan fingerprint density at radius 3 is 2.89 bits per heavy atom. The van der Waals surface area contributed by atoms with E-state index in [1.807, 2.05) is 36.1 Å². The number of carbonyl (C=O) groups is 1. The molecule has 6 heteroatoms. The normalized spacial score (nSPS) is 16.7. The topological polar surface area (TPSA) is 58.1 Å². The zero-order chi connectivity index (χ0) is 19.0. The summed E-state index contributed by atoms with van der Waals surface area (Å²) in [5.74, 6) is -0.00451. The number of hydrogen-bond acceptors (Lipinski definition) is 4. The molecule has 0 spiro atoms. The van der Waals surface area contributed by atoms with Crippen molar-refractivity contribution in [1.82, 2.24) is 14.9 Å². The van der Waals surface area contributed by atoms with Crippen LogP contribution in [0.1, 0.15) is 28.2 Å². The molecule has 138 valence electrons. The van der Waals surface area contributed by atoms with Gasteiger partial charge in [-0.2, -0.15) is 0 Å². The molecule has 0 aliphatic carbocycles. The number of hydrogen-bond donors (Lipinski definition) is 1. The van der Waals surface area contributed by atoms with Gasteiger partial charge in [0.2, 0.25) is 0 Å². The molecule has 1 aromatic carbocycles. The SMILES string of the molecule is Cc1nc2ccc(Br)cc2c(NC2CCN(C(=O)c3ccccn3)C2)c1C. The van der Waals surface area contributed by atoms with Crippen molar-refractivity contribution < 1.29 is 4.79 Å². The molecule has 1 atom stereocenters. The predicted octanol–water partition coefficient (Wildman–Crippen LogP) is 4.34. The number of pyridine rings is 2. The van der Waals surface area contributed by atoms with Gasteiger partial charge in [-0.25, -0.2) is 0 Å². The molecule has 1 N–H and O–H groups in total. The molecule has 3 heterocycles. The summed E-state index contributed by atoms with van der Waals surface area (Å²) in [6, 6.07) is 11.8. The van der Waals surface area contributed by atoms with E-state index in [1.165, 1.54) is 0 Å². The van der Waals surface area contributed by atoms with Crippen LogP contribution >= 0.6 is 15.9 Å². The quantitative estimate of drug-likeness (QED) is 0.679. The van der Waals surface area contributed by atoms with Crippen molar-refractivity contribution in [3.05, 3.63) is 64.0 Å². The molecule has 5 nitrogen and oxygen atoms in total. The summed E-state index contributed by atoms with van der Waals surface area (Å²) in [5, 5.41) is 4.78. The second-order valence-electron chi connectivity index (χ2n) is 6.95. The Morgan fingerprint density at radius 1 is 1.26 bits per heavy atom. The summed E-state index contributed by atoms with van der Waals surface area (Å²) < 4.78 is 1.03. The van der Waals surface area contributed by atoms with E-state index in [-0.39, 0.29) is 11.9 Å². The molecule has 1 aliphatic rings. The van der Waals surface area contributed by atoms with E-state index >= 15 is 0 Å². The van der Waals surface area contributed by atoms with E-state index in [4.69, 9.17) is 4.98 Å². The van der Waals surface area contributed by atoms with Gasteiger partial charge in [-0.15, -0.1) is 0 Å². The third-order valence-corrected chi connectivity index (χ3v) is 5.63. The molecular weight excluding hydrogens is 404 g/mol. The first-order valence-electron chi connectivity index (χ1n) is 9.06. The second-order valence-corrected chi connectivity index (χ2v) is 7.87. The largest absolute Gasteiger partial charge is 0.380 e. The third-order valence-electron chi connectivity index (χ3n) is 5.14. The van der Waals surface area contributed by atoms with Crippen molar-refractivity contribution in [3.63, 3.8) is 0 Å². The number of aryl methyl sites for hydroxylation is 1. The van der Waals surface area contributed by atoms with Crippen LogP contribution in [0.2, 0.25) is 0 Å². The second kappa shape index (κ2) is 7.27. The van der Waals surface area contributed by atoms with E-state index in [0.717, 1.165) is 45.3 Å². The van der Waals surface area contributed by atoms with E-state index < -0.39 is 0 Å².